The third-order valence-electron chi connectivity index (χ3n) is 4.69. The van der Waals surface area contributed by atoms with Crippen molar-refractivity contribution in [3.8, 4) is 0 Å². The van der Waals surface area contributed by atoms with Crippen LogP contribution in [0.25, 0.3) is 0 Å². The highest BCUT2D eigenvalue weighted by molar-refractivity contribution is 5.90. The van der Waals surface area contributed by atoms with Crippen molar-refractivity contribution in [3.63, 3.8) is 0 Å². The predicted molar refractivity (Wildman–Crippen MR) is 90.5 cm³/mol. The summed E-state index contributed by atoms with van der Waals surface area (Å²) in [5.41, 5.74) is 7.43. The maximum absolute atomic E-state index is 12.5. The smallest absolute Gasteiger partial charge is 0.266 e. The predicted octanol–water partition coefficient (Wildman–Crippen LogP) is 2.06. The van der Waals surface area contributed by atoms with Gasteiger partial charge in [-0.25, -0.2) is 0 Å². The van der Waals surface area contributed by atoms with Gasteiger partial charge in [-0.15, -0.1) is 0 Å². The van der Waals surface area contributed by atoms with Crippen LogP contribution in [0.3, 0.4) is 0 Å². The van der Waals surface area contributed by atoms with E-state index in [0.717, 1.165) is 30.5 Å². The van der Waals surface area contributed by atoms with Crippen molar-refractivity contribution in [2.75, 3.05) is 0 Å². The fourth-order valence-electron chi connectivity index (χ4n) is 3.21. The number of H-pyrrole nitrogens is 1. The molecule has 0 radical (unpaired) electrons. The van der Waals surface area contributed by atoms with Gasteiger partial charge in [0.2, 0.25) is 5.91 Å². The van der Waals surface area contributed by atoms with Crippen LogP contribution in [-0.4, -0.2) is 28.1 Å². The van der Waals surface area contributed by atoms with Crippen LogP contribution in [0.15, 0.2) is 36.4 Å². The third kappa shape index (κ3) is 3.32. The molecule has 1 saturated carbocycles. The number of benzene rings is 1. The summed E-state index contributed by atoms with van der Waals surface area (Å²) >= 11 is 0. The summed E-state index contributed by atoms with van der Waals surface area (Å²) in [5.74, 6) is -0.285. The van der Waals surface area contributed by atoms with E-state index >= 15 is 0 Å². The SMILES string of the molecule is CCC(C(=O)N[C@H]1C[C@@H](c2cc(C(N)=O)[nH]n2)C1)c1ccccc1. The zero-order valence-corrected chi connectivity index (χ0v) is 13.7. The molecule has 2 aromatic rings. The number of carbonyl (C=O) groups excluding carboxylic acids is 2. The van der Waals surface area contributed by atoms with Crippen LogP contribution in [0.4, 0.5) is 0 Å². The Labute approximate surface area is 140 Å². The van der Waals surface area contributed by atoms with Gasteiger partial charge < -0.3 is 11.1 Å². The fourth-order valence-corrected chi connectivity index (χ4v) is 3.21. The fraction of sp³-hybridized carbons (Fsp3) is 0.389. The lowest BCUT2D eigenvalue weighted by atomic mass is 9.77. The second-order valence-electron chi connectivity index (χ2n) is 6.32. The maximum Gasteiger partial charge on any atom is 0.266 e. The molecule has 1 heterocycles. The Morgan fingerprint density at radius 2 is 2.04 bits per heavy atom. The molecule has 1 fully saturated rings. The van der Waals surface area contributed by atoms with E-state index in [1.54, 1.807) is 6.07 Å². The zero-order chi connectivity index (χ0) is 17.1. The molecule has 1 aromatic heterocycles. The Balaban J connectivity index is 1.54. The number of hydrogen-bond donors (Lipinski definition) is 3. The molecule has 126 valence electrons. The quantitative estimate of drug-likeness (QED) is 0.757. The molecule has 1 unspecified atom stereocenters. The van der Waals surface area contributed by atoms with Gasteiger partial charge in [0.1, 0.15) is 5.69 Å². The Morgan fingerprint density at radius 1 is 1.33 bits per heavy atom. The van der Waals surface area contributed by atoms with E-state index in [4.69, 9.17) is 5.73 Å². The molecular weight excluding hydrogens is 304 g/mol. The topological polar surface area (TPSA) is 101 Å². The zero-order valence-electron chi connectivity index (χ0n) is 13.7. The van der Waals surface area contributed by atoms with Crippen LogP contribution in [0.5, 0.6) is 0 Å². The lowest BCUT2D eigenvalue weighted by molar-refractivity contribution is -0.124. The molecule has 1 aliphatic carbocycles. The Hall–Kier alpha value is -2.63. The number of amides is 2. The first-order chi connectivity index (χ1) is 11.6. The van der Waals surface area contributed by atoms with Crippen molar-refractivity contribution in [1.82, 2.24) is 15.5 Å². The molecule has 6 heteroatoms. The van der Waals surface area contributed by atoms with Gasteiger partial charge in [-0.05, 0) is 30.9 Å². The summed E-state index contributed by atoms with van der Waals surface area (Å²) in [6, 6.07) is 11.7. The minimum Gasteiger partial charge on any atom is -0.364 e. The van der Waals surface area contributed by atoms with Crippen LogP contribution in [0.2, 0.25) is 0 Å². The minimum absolute atomic E-state index is 0.0759. The minimum atomic E-state index is -0.508. The number of primary amides is 1. The summed E-state index contributed by atoms with van der Waals surface area (Å²) < 4.78 is 0. The number of nitrogens with two attached hydrogens (primary N) is 1. The monoisotopic (exact) mass is 326 g/mol. The highest BCUT2D eigenvalue weighted by atomic mass is 16.2. The Bertz CT molecular complexity index is 720. The lowest BCUT2D eigenvalue weighted by Crippen LogP contribution is -2.45. The van der Waals surface area contributed by atoms with Gasteiger partial charge in [-0.1, -0.05) is 37.3 Å². The van der Waals surface area contributed by atoms with E-state index in [0.29, 0.717) is 5.69 Å². The number of aromatic nitrogens is 2. The van der Waals surface area contributed by atoms with E-state index in [1.165, 1.54) is 0 Å². The summed E-state index contributed by atoms with van der Waals surface area (Å²) in [6.45, 7) is 2.02. The van der Waals surface area contributed by atoms with Gasteiger partial charge in [-0.3, -0.25) is 14.7 Å². The molecular formula is C18H22N4O2. The molecule has 2 amide bonds. The van der Waals surface area contributed by atoms with E-state index < -0.39 is 5.91 Å². The number of nitrogens with one attached hydrogen (secondary N) is 2. The summed E-state index contributed by atoms with van der Waals surface area (Å²) in [4.78, 5) is 23.6. The maximum atomic E-state index is 12.5. The van der Waals surface area contributed by atoms with Gasteiger partial charge >= 0.3 is 0 Å². The van der Waals surface area contributed by atoms with Crippen LogP contribution >= 0.6 is 0 Å². The van der Waals surface area contributed by atoms with Gasteiger partial charge in [0, 0.05) is 12.0 Å². The van der Waals surface area contributed by atoms with E-state index in [9.17, 15) is 9.59 Å². The molecule has 1 aliphatic rings. The molecule has 24 heavy (non-hydrogen) atoms. The molecule has 0 saturated heterocycles. The van der Waals surface area contributed by atoms with Crippen molar-refractivity contribution in [3.05, 3.63) is 53.3 Å². The van der Waals surface area contributed by atoms with Crippen molar-refractivity contribution in [1.29, 1.82) is 0 Å². The van der Waals surface area contributed by atoms with Crippen molar-refractivity contribution in [2.45, 2.75) is 44.1 Å². The molecule has 0 bridgehead atoms. The van der Waals surface area contributed by atoms with Crippen molar-refractivity contribution < 1.29 is 9.59 Å². The molecule has 0 aliphatic heterocycles. The third-order valence-corrected chi connectivity index (χ3v) is 4.69. The molecule has 0 spiro atoms. The first-order valence-electron chi connectivity index (χ1n) is 8.29. The lowest BCUT2D eigenvalue weighted by Gasteiger charge is -2.35. The van der Waals surface area contributed by atoms with Crippen LogP contribution in [-0.2, 0) is 4.79 Å². The van der Waals surface area contributed by atoms with Crippen LogP contribution < -0.4 is 11.1 Å². The number of aromatic amines is 1. The molecule has 4 N–H and O–H groups in total. The molecule has 6 nitrogen and oxygen atoms in total. The average molecular weight is 326 g/mol. The Kier molecular flexibility index (Phi) is 4.64. The molecule has 1 atom stereocenters. The second kappa shape index (κ2) is 6.86. The largest absolute Gasteiger partial charge is 0.364 e. The summed E-state index contributed by atoms with van der Waals surface area (Å²) in [6.07, 6.45) is 2.44. The van der Waals surface area contributed by atoms with E-state index in [1.807, 2.05) is 37.3 Å². The normalized spacial score (nSPS) is 20.9. The number of nitrogens with zero attached hydrogens (tertiary/aromatic N) is 1. The molecule has 3 rings (SSSR count). The second-order valence-corrected chi connectivity index (χ2v) is 6.32. The van der Waals surface area contributed by atoms with Gasteiger partial charge in [0.15, 0.2) is 0 Å². The molecule has 1 aromatic carbocycles. The highest BCUT2D eigenvalue weighted by Crippen LogP contribution is 2.36. The van der Waals surface area contributed by atoms with Crippen molar-refractivity contribution >= 4 is 11.8 Å². The summed E-state index contributed by atoms with van der Waals surface area (Å²) in [5, 5.41) is 9.91. The van der Waals surface area contributed by atoms with Gasteiger partial charge in [0.05, 0.1) is 11.6 Å². The average Bonchev–Trinajstić information content (AvgIpc) is 3.02. The first-order valence-corrected chi connectivity index (χ1v) is 8.29. The van der Waals surface area contributed by atoms with Gasteiger partial charge in [0.25, 0.3) is 5.91 Å². The van der Waals surface area contributed by atoms with E-state index in [-0.39, 0.29) is 23.8 Å². The van der Waals surface area contributed by atoms with Crippen molar-refractivity contribution in [2.24, 2.45) is 5.73 Å². The Morgan fingerprint density at radius 3 is 2.62 bits per heavy atom. The highest BCUT2D eigenvalue weighted by Gasteiger charge is 2.34. The van der Waals surface area contributed by atoms with Crippen LogP contribution in [0, 0.1) is 0 Å². The first kappa shape index (κ1) is 16.2. The van der Waals surface area contributed by atoms with Gasteiger partial charge in [-0.2, -0.15) is 5.10 Å². The number of carbonyl (C=O) groups is 2. The van der Waals surface area contributed by atoms with Crippen LogP contribution in [0.1, 0.15) is 59.8 Å². The van der Waals surface area contributed by atoms with E-state index in [2.05, 4.69) is 15.5 Å². The number of rotatable bonds is 6. The number of hydrogen-bond acceptors (Lipinski definition) is 3. The standard InChI is InChI=1S/C18H22N4O2/c1-2-14(11-6-4-3-5-7-11)18(24)20-13-8-12(9-13)15-10-16(17(19)23)22-21-15/h3-7,10,12-14H,2,8-9H2,1H3,(H2,19,23)(H,20,24)(H,21,22)/t12-,13+,14?. The summed E-state index contributed by atoms with van der Waals surface area (Å²) in [7, 11) is 0.